The third kappa shape index (κ3) is 3.43. The number of phenolic OH excluding ortho intramolecular Hbond substituents is 1. The number of rotatable bonds is 3. The van der Waals surface area contributed by atoms with Crippen molar-refractivity contribution < 1.29 is 5.11 Å². The number of hydrogen-bond donors (Lipinski definition) is 1. The smallest absolute Gasteiger partial charge is 0.174 e. The van der Waals surface area contributed by atoms with Crippen LogP contribution in [0.5, 0.6) is 5.75 Å². The van der Waals surface area contributed by atoms with Gasteiger partial charge in [-0.15, -0.1) is 10.2 Å². The highest BCUT2D eigenvalue weighted by molar-refractivity contribution is 5.68. The van der Waals surface area contributed by atoms with Crippen molar-refractivity contribution in [2.45, 2.75) is 46.0 Å². The molecule has 2 fully saturated rings. The molecule has 2 bridgehead atoms. The first-order chi connectivity index (χ1) is 13.9. The Balaban J connectivity index is 1.38. The Hall–Kier alpha value is -3.02. The third-order valence-corrected chi connectivity index (χ3v) is 6.47. The normalized spacial score (nSPS) is 27.4. The van der Waals surface area contributed by atoms with Gasteiger partial charge in [-0.05, 0) is 61.1 Å². The molecule has 0 saturated heterocycles. The number of benzene rings is 1. The monoisotopic (exact) mass is 387 g/mol. The van der Waals surface area contributed by atoms with Crippen LogP contribution in [0.1, 0.15) is 51.8 Å². The van der Waals surface area contributed by atoms with Crippen molar-refractivity contribution in [2.75, 3.05) is 0 Å². The van der Waals surface area contributed by atoms with Gasteiger partial charge >= 0.3 is 0 Å². The summed E-state index contributed by atoms with van der Waals surface area (Å²) < 4.78 is 1.83. The molecule has 2 atom stereocenters. The Morgan fingerprint density at radius 2 is 1.90 bits per heavy atom. The highest BCUT2D eigenvalue weighted by Gasteiger charge is 2.47. The minimum absolute atomic E-state index is 0.142. The van der Waals surface area contributed by atoms with Crippen LogP contribution in [-0.2, 0) is 0 Å². The number of allylic oxidation sites excluding steroid dienone is 1. The van der Waals surface area contributed by atoms with Gasteiger partial charge < -0.3 is 9.67 Å². The number of hydrogen-bond acceptors (Lipinski definition) is 5. The number of nitrogens with zero attached hydrogens (tertiary/aromatic N) is 5. The summed E-state index contributed by atoms with van der Waals surface area (Å²) in [6.45, 7) is 4.81. The van der Waals surface area contributed by atoms with Crippen molar-refractivity contribution in [1.82, 2.24) is 24.7 Å². The minimum atomic E-state index is 0.142. The molecule has 0 amide bonds. The van der Waals surface area contributed by atoms with Gasteiger partial charge in [0.25, 0.3) is 0 Å². The molecule has 2 saturated carbocycles. The SMILES string of the molecule is C[C@]12CC[C@](C)(CC(=Cc3ncc(-c4ccc(-n5ccnc5)cc4O)nn3)C1)C2. The predicted molar refractivity (Wildman–Crippen MR) is 111 cm³/mol. The van der Waals surface area contributed by atoms with Gasteiger partial charge in [-0.25, -0.2) is 9.97 Å². The van der Waals surface area contributed by atoms with E-state index in [1.807, 2.05) is 22.9 Å². The fourth-order valence-electron chi connectivity index (χ4n) is 5.34. The van der Waals surface area contributed by atoms with Crippen LogP contribution in [0.3, 0.4) is 0 Å². The second kappa shape index (κ2) is 6.51. The second-order valence-electron chi connectivity index (χ2n) is 9.33. The lowest BCUT2D eigenvalue weighted by Gasteiger charge is -2.36. The van der Waals surface area contributed by atoms with Gasteiger partial charge in [0.15, 0.2) is 5.82 Å². The summed E-state index contributed by atoms with van der Waals surface area (Å²) in [5.74, 6) is 0.787. The van der Waals surface area contributed by atoms with Crippen molar-refractivity contribution in [1.29, 1.82) is 0 Å². The van der Waals surface area contributed by atoms with Crippen molar-refractivity contribution in [3.8, 4) is 22.7 Å². The zero-order valence-electron chi connectivity index (χ0n) is 16.8. The van der Waals surface area contributed by atoms with Crippen LogP contribution in [0.15, 0.2) is 48.7 Å². The second-order valence-corrected chi connectivity index (χ2v) is 9.33. The Morgan fingerprint density at radius 1 is 1.10 bits per heavy atom. The Bertz CT molecular complexity index is 1050. The zero-order valence-corrected chi connectivity index (χ0v) is 16.8. The van der Waals surface area contributed by atoms with Crippen molar-refractivity contribution in [3.05, 3.63) is 54.5 Å². The van der Waals surface area contributed by atoms with Gasteiger partial charge in [0.05, 0.1) is 18.2 Å². The number of aromatic hydroxyl groups is 1. The first-order valence-corrected chi connectivity index (χ1v) is 10.1. The van der Waals surface area contributed by atoms with E-state index in [0.717, 1.165) is 18.5 Å². The van der Waals surface area contributed by atoms with E-state index in [4.69, 9.17) is 0 Å². The fraction of sp³-hybridized carbons (Fsp3) is 0.391. The summed E-state index contributed by atoms with van der Waals surface area (Å²) in [6.07, 6.45) is 15.2. The van der Waals surface area contributed by atoms with E-state index in [2.05, 4.69) is 40.1 Å². The lowest BCUT2D eigenvalue weighted by molar-refractivity contribution is 0.216. The molecule has 5 rings (SSSR count). The molecule has 0 spiro atoms. The van der Waals surface area contributed by atoms with E-state index in [1.54, 1.807) is 24.8 Å². The van der Waals surface area contributed by atoms with E-state index in [0.29, 0.717) is 27.9 Å². The molecule has 0 radical (unpaired) electrons. The van der Waals surface area contributed by atoms with Crippen LogP contribution in [0.25, 0.3) is 23.0 Å². The summed E-state index contributed by atoms with van der Waals surface area (Å²) in [4.78, 5) is 8.53. The van der Waals surface area contributed by atoms with Gasteiger partial charge in [0.1, 0.15) is 11.4 Å². The average Bonchev–Trinajstić information content (AvgIpc) is 3.28. The van der Waals surface area contributed by atoms with Crippen LogP contribution in [0.2, 0.25) is 0 Å². The molecule has 2 aliphatic carbocycles. The van der Waals surface area contributed by atoms with Crippen LogP contribution >= 0.6 is 0 Å². The Morgan fingerprint density at radius 3 is 2.52 bits per heavy atom. The standard InChI is InChI=1S/C23H25N5O/c1-22-5-6-23(2,14-22)12-16(11-22)9-21-25-13-19(26-27-21)18-4-3-17(10-20(18)29)28-8-7-24-15-28/h3-4,7-10,13,15,29H,5-6,11-12,14H2,1-2H3/t22-,23+. The number of imidazole rings is 1. The molecule has 1 aromatic carbocycles. The van der Waals surface area contributed by atoms with Crippen LogP contribution in [0.4, 0.5) is 0 Å². The van der Waals surface area contributed by atoms with E-state index in [1.165, 1.54) is 24.8 Å². The molecule has 2 aliphatic rings. The molecule has 0 unspecified atom stereocenters. The molecule has 6 nitrogen and oxygen atoms in total. The number of aromatic nitrogens is 5. The maximum absolute atomic E-state index is 10.5. The summed E-state index contributed by atoms with van der Waals surface area (Å²) in [6, 6.07) is 5.43. The maximum Gasteiger partial charge on any atom is 0.174 e. The molecule has 6 heteroatoms. The maximum atomic E-state index is 10.5. The first kappa shape index (κ1) is 18.0. The molecule has 29 heavy (non-hydrogen) atoms. The highest BCUT2D eigenvalue weighted by Crippen LogP contribution is 2.59. The summed E-state index contributed by atoms with van der Waals surface area (Å²) >= 11 is 0. The molecule has 2 aromatic heterocycles. The van der Waals surface area contributed by atoms with Gasteiger partial charge in [-0.2, -0.15) is 0 Å². The van der Waals surface area contributed by atoms with E-state index in [-0.39, 0.29) is 5.75 Å². The van der Waals surface area contributed by atoms with Crippen LogP contribution < -0.4 is 0 Å². The molecule has 1 N–H and O–H groups in total. The van der Waals surface area contributed by atoms with E-state index in [9.17, 15) is 5.11 Å². The first-order valence-electron chi connectivity index (χ1n) is 10.1. The number of phenols is 1. The van der Waals surface area contributed by atoms with Crippen molar-refractivity contribution >= 4 is 6.08 Å². The molecule has 3 aromatic rings. The molecule has 2 heterocycles. The van der Waals surface area contributed by atoms with Crippen molar-refractivity contribution in [3.63, 3.8) is 0 Å². The molecule has 0 aliphatic heterocycles. The molecule has 148 valence electrons. The fourth-order valence-corrected chi connectivity index (χ4v) is 5.34. The largest absolute Gasteiger partial charge is 0.507 e. The molecular weight excluding hydrogens is 362 g/mol. The topological polar surface area (TPSA) is 76.7 Å². The zero-order chi connectivity index (χ0) is 20.1. The predicted octanol–water partition coefficient (Wildman–Crippen LogP) is 4.80. The quantitative estimate of drug-likeness (QED) is 0.698. The van der Waals surface area contributed by atoms with Gasteiger partial charge in [-0.1, -0.05) is 19.4 Å². The Kier molecular flexibility index (Phi) is 4.05. The van der Waals surface area contributed by atoms with E-state index >= 15 is 0 Å². The molecular formula is C23H25N5O. The third-order valence-electron chi connectivity index (χ3n) is 6.47. The Labute approximate surface area is 170 Å². The summed E-state index contributed by atoms with van der Waals surface area (Å²) in [5, 5.41) is 19.1. The number of fused-ring (bicyclic) bond motifs is 2. The lowest BCUT2D eigenvalue weighted by Crippen LogP contribution is -2.24. The summed E-state index contributed by atoms with van der Waals surface area (Å²) in [5.41, 5.74) is 4.29. The van der Waals surface area contributed by atoms with Crippen LogP contribution in [0, 0.1) is 10.8 Å². The van der Waals surface area contributed by atoms with Gasteiger partial charge in [-0.3, -0.25) is 0 Å². The lowest BCUT2D eigenvalue weighted by atomic mass is 9.68. The van der Waals surface area contributed by atoms with Crippen molar-refractivity contribution in [2.24, 2.45) is 10.8 Å². The highest BCUT2D eigenvalue weighted by atomic mass is 16.3. The van der Waals surface area contributed by atoms with Gasteiger partial charge in [0.2, 0.25) is 0 Å². The van der Waals surface area contributed by atoms with Crippen LogP contribution in [-0.4, -0.2) is 29.8 Å². The van der Waals surface area contributed by atoms with Gasteiger partial charge in [0, 0.05) is 24.0 Å². The van der Waals surface area contributed by atoms with E-state index < -0.39 is 0 Å². The average molecular weight is 387 g/mol. The minimum Gasteiger partial charge on any atom is -0.507 e. The summed E-state index contributed by atoms with van der Waals surface area (Å²) in [7, 11) is 0.